The average molecular weight is 776 g/mol. The van der Waals surface area contributed by atoms with Gasteiger partial charge in [0, 0.05) is 22.3 Å². The van der Waals surface area contributed by atoms with E-state index in [1.165, 1.54) is 88.0 Å². The number of fused-ring (bicyclic) bond motifs is 4. The molecule has 0 saturated heterocycles. The van der Waals surface area contributed by atoms with Crippen LogP contribution in [-0.2, 0) is 0 Å². The largest absolute Gasteiger partial charge is 0.309 e. The second-order valence-electron chi connectivity index (χ2n) is 15.7. The Kier molecular flexibility index (Phi) is 9.26. The Morgan fingerprint density at radius 1 is 0.213 bits per heavy atom. The zero-order valence-corrected chi connectivity index (χ0v) is 33.6. The van der Waals surface area contributed by atoms with Crippen LogP contribution >= 0.6 is 0 Å². The van der Waals surface area contributed by atoms with E-state index in [0.29, 0.717) is 0 Å². The lowest BCUT2D eigenvalue weighted by atomic mass is 9.89. The fourth-order valence-corrected chi connectivity index (χ4v) is 9.07. The number of hydrogen-bond acceptors (Lipinski definition) is 1. The molecule has 61 heavy (non-hydrogen) atoms. The van der Waals surface area contributed by atoms with E-state index in [1.54, 1.807) is 0 Å². The molecule has 0 spiro atoms. The van der Waals surface area contributed by atoms with Crippen LogP contribution in [0.15, 0.2) is 249 Å². The van der Waals surface area contributed by atoms with Crippen molar-refractivity contribution >= 4 is 49.4 Å². The summed E-state index contributed by atoms with van der Waals surface area (Å²) < 4.78 is 0. The van der Waals surface area contributed by atoms with Gasteiger partial charge in [0.15, 0.2) is 0 Å². The van der Waals surface area contributed by atoms with Gasteiger partial charge in [-0.3, -0.25) is 0 Å². The normalized spacial score (nSPS) is 11.3. The lowest BCUT2D eigenvalue weighted by Crippen LogP contribution is -2.12. The summed E-state index contributed by atoms with van der Waals surface area (Å²) in [4.78, 5) is 2.47. The number of rotatable bonds is 8. The van der Waals surface area contributed by atoms with E-state index in [2.05, 4.69) is 254 Å². The standard InChI is InChI=1S/C60H41N/c1-3-14-42(15-4-1)44-26-28-45(29-27-44)47-36-40-52(41-37-47)61(51-38-34-46(35-39-51)43-16-5-2-6-17-43)60-58-24-12-10-22-56(58)55-21-9-11-23-57(55)59(60)50-32-30-49(31-33-50)54-25-13-19-48-18-7-8-20-53(48)54/h1-41H. The summed E-state index contributed by atoms with van der Waals surface area (Å²) in [5, 5.41) is 7.39. The van der Waals surface area contributed by atoms with Crippen LogP contribution in [0.5, 0.6) is 0 Å². The van der Waals surface area contributed by atoms with Crippen molar-refractivity contribution in [1.82, 2.24) is 0 Å². The van der Waals surface area contributed by atoms with Crippen molar-refractivity contribution < 1.29 is 0 Å². The van der Waals surface area contributed by atoms with E-state index >= 15 is 0 Å². The molecular weight excluding hydrogens is 735 g/mol. The van der Waals surface area contributed by atoms with Gasteiger partial charge in [-0.1, -0.05) is 224 Å². The highest BCUT2D eigenvalue weighted by Gasteiger charge is 2.24. The van der Waals surface area contributed by atoms with Crippen molar-refractivity contribution in [3.05, 3.63) is 249 Å². The molecule has 0 aromatic heterocycles. The molecule has 11 aromatic carbocycles. The van der Waals surface area contributed by atoms with Gasteiger partial charge in [0.1, 0.15) is 0 Å². The highest BCUT2D eigenvalue weighted by Crippen LogP contribution is 2.50. The number of anilines is 3. The van der Waals surface area contributed by atoms with Crippen molar-refractivity contribution in [1.29, 1.82) is 0 Å². The Morgan fingerprint density at radius 3 is 1.11 bits per heavy atom. The van der Waals surface area contributed by atoms with Gasteiger partial charge >= 0.3 is 0 Å². The number of nitrogens with zero attached hydrogens (tertiary/aromatic N) is 1. The average Bonchev–Trinajstić information content (AvgIpc) is 3.35. The molecule has 0 aliphatic carbocycles. The molecular formula is C60H41N. The Hall–Kier alpha value is -8.00. The molecule has 0 radical (unpaired) electrons. The van der Waals surface area contributed by atoms with Crippen LogP contribution < -0.4 is 4.90 Å². The van der Waals surface area contributed by atoms with Crippen LogP contribution in [-0.4, -0.2) is 0 Å². The second-order valence-corrected chi connectivity index (χ2v) is 15.7. The van der Waals surface area contributed by atoms with Crippen molar-refractivity contribution in [3.63, 3.8) is 0 Å². The minimum Gasteiger partial charge on any atom is -0.309 e. The van der Waals surface area contributed by atoms with Crippen LogP contribution in [0.1, 0.15) is 0 Å². The summed E-state index contributed by atoms with van der Waals surface area (Å²) in [6, 6.07) is 90.5. The molecule has 11 rings (SSSR count). The minimum absolute atomic E-state index is 1.09. The van der Waals surface area contributed by atoms with Gasteiger partial charge in [-0.25, -0.2) is 0 Å². The van der Waals surface area contributed by atoms with Gasteiger partial charge in [-0.15, -0.1) is 0 Å². The lowest BCUT2D eigenvalue weighted by molar-refractivity contribution is 1.30. The molecule has 0 saturated carbocycles. The molecule has 286 valence electrons. The van der Waals surface area contributed by atoms with Crippen LogP contribution in [0, 0.1) is 0 Å². The molecule has 0 heterocycles. The topological polar surface area (TPSA) is 3.24 Å². The molecule has 0 aliphatic rings. The van der Waals surface area contributed by atoms with Crippen LogP contribution in [0.2, 0.25) is 0 Å². The lowest BCUT2D eigenvalue weighted by Gasteiger charge is -2.31. The number of benzene rings is 11. The van der Waals surface area contributed by atoms with Crippen LogP contribution in [0.25, 0.3) is 88.0 Å². The van der Waals surface area contributed by atoms with E-state index in [-0.39, 0.29) is 0 Å². The summed E-state index contributed by atoms with van der Waals surface area (Å²) in [5.41, 5.74) is 15.3. The zero-order valence-electron chi connectivity index (χ0n) is 33.6. The smallest absolute Gasteiger partial charge is 0.0624 e. The first-order chi connectivity index (χ1) is 30.3. The summed E-state index contributed by atoms with van der Waals surface area (Å²) in [5.74, 6) is 0. The second kappa shape index (κ2) is 15.6. The third-order valence-electron chi connectivity index (χ3n) is 12.1. The van der Waals surface area contributed by atoms with Crippen LogP contribution in [0.4, 0.5) is 17.1 Å². The van der Waals surface area contributed by atoms with Gasteiger partial charge in [0.25, 0.3) is 0 Å². The monoisotopic (exact) mass is 775 g/mol. The molecule has 1 heteroatoms. The highest BCUT2D eigenvalue weighted by atomic mass is 15.1. The van der Waals surface area contributed by atoms with Crippen molar-refractivity contribution in [2.75, 3.05) is 4.90 Å². The Labute approximate surface area is 357 Å². The highest BCUT2D eigenvalue weighted by molar-refractivity contribution is 6.22. The predicted molar refractivity (Wildman–Crippen MR) is 261 cm³/mol. The summed E-state index contributed by atoms with van der Waals surface area (Å²) in [7, 11) is 0. The Bertz CT molecular complexity index is 3290. The quantitative estimate of drug-likeness (QED) is 0.139. The van der Waals surface area contributed by atoms with E-state index in [0.717, 1.165) is 17.1 Å². The molecule has 0 fully saturated rings. The maximum absolute atomic E-state index is 2.47. The fraction of sp³-hybridized carbons (Fsp3) is 0. The van der Waals surface area contributed by atoms with Gasteiger partial charge in [-0.2, -0.15) is 0 Å². The zero-order chi connectivity index (χ0) is 40.5. The molecule has 0 amide bonds. The molecule has 0 aliphatic heterocycles. The summed E-state index contributed by atoms with van der Waals surface area (Å²) in [6.45, 7) is 0. The molecule has 0 atom stereocenters. The summed E-state index contributed by atoms with van der Waals surface area (Å²) in [6.07, 6.45) is 0. The van der Waals surface area contributed by atoms with Crippen molar-refractivity contribution in [2.24, 2.45) is 0 Å². The number of hydrogen-bond donors (Lipinski definition) is 0. The fourth-order valence-electron chi connectivity index (χ4n) is 9.07. The Balaban J connectivity index is 1.10. The van der Waals surface area contributed by atoms with E-state index in [4.69, 9.17) is 0 Å². The third kappa shape index (κ3) is 6.73. The first-order valence-electron chi connectivity index (χ1n) is 21.0. The van der Waals surface area contributed by atoms with Gasteiger partial charge in [0.2, 0.25) is 0 Å². The van der Waals surface area contributed by atoms with Crippen LogP contribution in [0.3, 0.4) is 0 Å². The van der Waals surface area contributed by atoms with Gasteiger partial charge in [-0.05, 0) is 101 Å². The SMILES string of the molecule is c1ccc(-c2ccc(-c3ccc(N(c4ccc(-c5ccccc5)cc4)c4c(-c5ccc(-c6cccc7ccccc67)cc5)c5ccccc5c5ccccc45)cc3)cc2)cc1. The van der Waals surface area contributed by atoms with Crippen molar-refractivity contribution in [2.45, 2.75) is 0 Å². The van der Waals surface area contributed by atoms with Crippen molar-refractivity contribution in [3.8, 4) is 55.6 Å². The molecule has 0 N–H and O–H groups in total. The van der Waals surface area contributed by atoms with Gasteiger partial charge in [0.05, 0.1) is 5.69 Å². The molecule has 0 bridgehead atoms. The van der Waals surface area contributed by atoms with E-state index in [9.17, 15) is 0 Å². The van der Waals surface area contributed by atoms with E-state index in [1.807, 2.05) is 0 Å². The first kappa shape index (κ1) is 36.1. The third-order valence-corrected chi connectivity index (χ3v) is 12.1. The Morgan fingerprint density at radius 2 is 0.574 bits per heavy atom. The van der Waals surface area contributed by atoms with E-state index < -0.39 is 0 Å². The molecule has 1 nitrogen and oxygen atoms in total. The van der Waals surface area contributed by atoms with Gasteiger partial charge < -0.3 is 4.90 Å². The maximum Gasteiger partial charge on any atom is 0.0624 e. The molecule has 11 aromatic rings. The predicted octanol–water partition coefficient (Wildman–Crippen LogP) is 17.0. The summed E-state index contributed by atoms with van der Waals surface area (Å²) >= 11 is 0. The minimum atomic E-state index is 1.09. The maximum atomic E-state index is 2.47. The molecule has 0 unspecified atom stereocenters. The first-order valence-corrected chi connectivity index (χ1v) is 21.0.